The SMILES string of the molecule is CCCCCCn1c(-c2cc(F)c(-c3cnc(CC)n3CCCCCC)cc2F)cnc1CC. The molecule has 0 atom stereocenters. The van der Waals surface area contributed by atoms with E-state index in [0.29, 0.717) is 11.4 Å². The zero-order chi connectivity index (χ0) is 24.5. The average molecular weight is 471 g/mol. The fraction of sp³-hybridized carbons (Fsp3) is 0.571. The molecular weight excluding hydrogens is 430 g/mol. The minimum absolute atomic E-state index is 0.272. The Bertz CT molecular complexity index is 967. The van der Waals surface area contributed by atoms with Gasteiger partial charge in [-0.25, -0.2) is 18.7 Å². The van der Waals surface area contributed by atoms with Crippen LogP contribution in [0.15, 0.2) is 24.5 Å². The summed E-state index contributed by atoms with van der Waals surface area (Å²) in [5.74, 6) is 0.970. The van der Waals surface area contributed by atoms with Gasteiger partial charge >= 0.3 is 0 Å². The summed E-state index contributed by atoms with van der Waals surface area (Å²) >= 11 is 0. The van der Waals surface area contributed by atoms with Crippen LogP contribution in [0.4, 0.5) is 8.78 Å². The molecule has 0 saturated carbocycles. The Morgan fingerprint density at radius 2 is 1.03 bits per heavy atom. The zero-order valence-electron chi connectivity index (χ0n) is 21.3. The van der Waals surface area contributed by atoms with E-state index in [-0.39, 0.29) is 11.1 Å². The van der Waals surface area contributed by atoms with Crippen molar-refractivity contribution in [3.8, 4) is 22.5 Å². The molecule has 0 bridgehead atoms. The van der Waals surface area contributed by atoms with Gasteiger partial charge in [-0.05, 0) is 25.0 Å². The van der Waals surface area contributed by atoms with Gasteiger partial charge in [-0.2, -0.15) is 0 Å². The number of aromatic nitrogens is 4. The largest absolute Gasteiger partial charge is 0.328 e. The molecule has 2 aromatic heterocycles. The van der Waals surface area contributed by atoms with E-state index >= 15 is 8.78 Å². The lowest BCUT2D eigenvalue weighted by atomic mass is 10.0. The van der Waals surface area contributed by atoms with Crippen molar-refractivity contribution < 1.29 is 8.78 Å². The summed E-state index contributed by atoms with van der Waals surface area (Å²) in [4.78, 5) is 9.00. The number of unbranched alkanes of at least 4 members (excludes halogenated alkanes) is 6. The maximum Gasteiger partial charge on any atom is 0.133 e. The van der Waals surface area contributed by atoms with Gasteiger partial charge < -0.3 is 9.13 Å². The Hall–Kier alpha value is -2.50. The van der Waals surface area contributed by atoms with Crippen LogP contribution >= 0.6 is 0 Å². The quantitative estimate of drug-likeness (QED) is 0.224. The lowest BCUT2D eigenvalue weighted by molar-refractivity contribution is 0.562. The first-order valence-corrected chi connectivity index (χ1v) is 13.1. The topological polar surface area (TPSA) is 35.6 Å². The number of rotatable bonds is 14. The van der Waals surface area contributed by atoms with Crippen molar-refractivity contribution in [3.63, 3.8) is 0 Å². The van der Waals surface area contributed by atoms with Crippen LogP contribution in [0.5, 0.6) is 0 Å². The summed E-state index contributed by atoms with van der Waals surface area (Å²) in [6.45, 7) is 9.99. The van der Waals surface area contributed by atoms with E-state index in [1.54, 1.807) is 12.4 Å². The molecule has 186 valence electrons. The fourth-order valence-corrected chi connectivity index (χ4v) is 4.65. The molecule has 3 aromatic rings. The summed E-state index contributed by atoms with van der Waals surface area (Å²) in [5.41, 5.74) is 1.85. The highest BCUT2D eigenvalue weighted by atomic mass is 19.1. The van der Waals surface area contributed by atoms with E-state index in [1.165, 1.54) is 25.0 Å². The third kappa shape index (κ3) is 5.94. The minimum atomic E-state index is -0.425. The van der Waals surface area contributed by atoms with E-state index < -0.39 is 11.6 Å². The maximum atomic E-state index is 15.5. The van der Waals surface area contributed by atoms with Gasteiger partial charge in [-0.1, -0.05) is 66.2 Å². The smallest absolute Gasteiger partial charge is 0.133 e. The van der Waals surface area contributed by atoms with Crippen LogP contribution in [0.2, 0.25) is 0 Å². The van der Waals surface area contributed by atoms with Gasteiger partial charge in [-0.15, -0.1) is 0 Å². The van der Waals surface area contributed by atoms with E-state index in [9.17, 15) is 0 Å². The molecule has 0 amide bonds. The van der Waals surface area contributed by atoms with Crippen LogP contribution < -0.4 is 0 Å². The molecule has 2 heterocycles. The van der Waals surface area contributed by atoms with E-state index in [4.69, 9.17) is 0 Å². The highest BCUT2D eigenvalue weighted by molar-refractivity contribution is 5.68. The van der Waals surface area contributed by atoms with Gasteiger partial charge in [-0.3, -0.25) is 0 Å². The number of imidazole rings is 2. The van der Waals surface area contributed by atoms with Crippen LogP contribution in [0, 0.1) is 11.6 Å². The summed E-state index contributed by atoms with van der Waals surface area (Å²) in [5, 5.41) is 0. The number of benzene rings is 1. The normalized spacial score (nSPS) is 11.5. The first kappa shape index (κ1) is 26.1. The molecule has 0 N–H and O–H groups in total. The van der Waals surface area contributed by atoms with E-state index in [0.717, 1.165) is 76.1 Å². The molecule has 4 nitrogen and oxygen atoms in total. The van der Waals surface area contributed by atoms with Crippen LogP contribution in [0.1, 0.15) is 90.7 Å². The summed E-state index contributed by atoms with van der Waals surface area (Å²) in [6, 6.07) is 2.67. The molecule has 3 rings (SSSR count). The second-order valence-electron chi connectivity index (χ2n) is 9.06. The van der Waals surface area contributed by atoms with Crippen molar-refractivity contribution in [3.05, 3.63) is 47.8 Å². The van der Waals surface area contributed by atoms with Crippen molar-refractivity contribution in [2.75, 3.05) is 0 Å². The Balaban J connectivity index is 1.94. The Morgan fingerprint density at radius 3 is 1.38 bits per heavy atom. The van der Waals surface area contributed by atoms with E-state index in [1.807, 2.05) is 13.8 Å². The molecule has 0 aliphatic carbocycles. The van der Waals surface area contributed by atoms with Crippen molar-refractivity contribution in [2.45, 2.75) is 105 Å². The highest BCUT2D eigenvalue weighted by Crippen LogP contribution is 2.32. The van der Waals surface area contributed by atoms with Gasteiger partial charge in [0.25, 0.3) is 0 Å². The lowest BCUT2D eigenvalue weighted by Gasteiger charge is -2.15. The third-order valence-corrected chi connectivity index (χ3v) is 6.59. The molecule has 0 radical (unpaired) electrons. The second kappa shape index (κ2) is 12.8. The Kier molecular flexibility index (Phi) is 9.85. The molecule has 0 saturated heterocycles. The minimum Gasteiger partial charge on any atom is -0.328 e. The molecule has 6 heteroatoms. The fourth-order valence-electron chi connectivity index (χ4n) is 4.65. The number of nitrogens with zero attached hydrogens (tertiary/aromatic N) is 4. The van der Waals surface area contributed by atoms with Gasteiger partial charge in [0.2, 0.25) is 0 Å². The van der Waals surface area contributed by atoms with Gasteiger partial charge in [0.1, 0.15) is 23.3 Å². The van der Waals surface area contributed by atoms with Crippen LogP contribution in [-0.2, 0) is 25.9 Å². The number of hydrogen-bond donors (Lipinski definition) is 0. The van der Waals surface area contributed by atoms with Gasteiger partial charge in [0, 0.05) is 37.1 Å². The molecule has 34 heavy (non-hydrogen) atoms. The average Bonchev–Trinajstić information content (AvgIpc) is 3.44. The number of aryl methyl sites for hydroxylation is 2. The number of hydrogen-bond acceptors (Lipinski definition) is 2. The maximum absolute atomic E-state index is 15.5. The molecule has 1 aromatic carbocycles. The van der Waals surface area contributed by atoms with Crippen molar-refractivity contribution >= 4 is 0 Å². The Labute approximate surface area is 203 Å². The third-order valence-electron chi connectivity index (χ3n) is 6.59. The highest BCUT2D eigenvalue weighted by Gasteiger charge is 2.20. The number of halogens is 2. The molecule has 0 unspecified atom stereocenters. The second-order valence-corrected chi connectivity index (χ2v) is 9.06. The summed E-state index contributed by atoms with van der Waals surface area (Å²) < 4.78 is 35.1. The van der Waals surface area contributed by atoms with Crippen molar-refractivity contribution in [1.82, 2.24) is 19.1 Å². The zero-order valence-corrected chi connectivity index (χ0v) is 21.3. The molecular formula is C28H40F2N4. The Morgan fingerprint density at radius 1 is 0.618 bits per heavy atom. The summed E-state index contributed by atoms with van der Waals surface area (Å²) in [6.07, 6.45) is 13.8. The van der Waals surface area contributed by atoms with E-state index in [2.05, 4.69) is 32.9 Å². The molecule has 0 spiro atoms. The van der Waals surface area contributed by atoms with Gasteiger partial charge in [0.15, 0.2) is 0 Å². The lowest BCUT2D eigenvalue weighted by Crippen LogP contribution is -2.07. The molecule has 0 fully saturated rings. The van der Waals surface area contributed by atoms with Crippen LogP contribution in [-0.4, -0.2) is 19.1 Å². The summed E-state index contributed by atoms with van der Waals surface area (Å²) in [7, 11) is 0. The first-order valence-electron chi connectivity index (χ1n) is 13.1. The predicted molar refractivity (Wildman–Crippen MR) is 136 cm³/mol. The monoisotopic (exact) mass is 470 g/mol. The predicted octanol–water partition coefficient (Wildman–Crippen LogP) is 7.98. The molecule has 0 aliphatic rings. The van der Waals surface area contributed by atoms with Crippen LogP contribution in [0.25, 0.3) is 22.5 Å². The van der Waals surface area contributed by atoms with Crippen molar-refractivity contribution in [2.24, 2.45) is 0 Å². The van der Waals surface area contributed by atoms with Gasteiger partial charge in [0.05, 0.1) is 23.8 Å². The first-order chi connectivity index (χ1) is 16.5. The van der Waals surface area contributed by atoms with Crippen molar-refractivity contribution in [1.29, 1.82) is 0 Å². The van der Waals surface area contributed by atoms with Crippen LogP contribution in [0.3, 0.4) is 0 Å². The molecule has 0 aliphatic heterocycles. The standard InChI is InChI=1S/C28H40F2N4/c1-5-9-11-13-15-33-25(19-31-27(33)7-3)21-17-24(30)22(18-23(21)29)26-20-32-28(8-4)34(26)16-14-12-10-6-2/h17-20H,5-16H2,1-4H3.